The molecule has 0 atom stereocenters. The van der Waals surface area contributed by atoms with Gasteiger partial charge in [-0.2, -0.15) is 5.10 Å². The summed E-state index contributed by atoms with van der Waals surface area (Å²) in [5.41, 5.74) is 1.49. The van der Waals surface area contributed by atoms with Gasteiger partial charge >= 0.3 is 0 Å². The number of hydrogen-bond acceptors (Lipinski definition) is 2. The molecule has 0 aliphatic carbocycles. The molecule has 0 spiro atoms. The fourth-order valence-electron chi connectivity index (χ4n) is 0.845. The van der Waals surface area contributed by atoms with E-state index in [1.807, 2.05) is 13.8 Å². The van der Waals surface area contributed by atoms with Gasteiger partial charge in [0.2, 0.25) is 0 Å². The van der Waals surface area contributed by atoms with Gasteiger partial charge in [-0.15, -0.1) is 0 Å². The van der Waals surface area contributed by atoms with Gasteiger partial charge in [-0.3, -0.25) is 5.10 Å². The summed E-state index contributed by atoms with van der Waals surface area (Å²) in [6, 6.07) is 0. The van der Waals surface area contributed by atoms with E-state index in [0.717, 1.165) is 11.4 Å². The Morgan fingerprint density at radius 3 is 2.30 bits per heavy atom. The Morgan fingerprint density at radius 1 is 1.50 bits per heavy atom. The molecule has 0 unspecified atom stereocenters. The zero-order chi connectivity index (χ0) is 7.72. The molecule has 10 heavy (non-hydrogen) atoms. The van der Waals surface area contributed by atoms with Crippen LogP contribution in [0.4, 0.5) is 0 Å². The van der Waals surface area contributed by atoms with E-state index in [-0.39, 0.29) is 5.92 Å². The number of H-pyrrole nitrogens is 1. The average Bonchev–Trinajstić information content (AvgIpc) is 2.14. The van der Waals surface area contributed by atoms with Crippen LogP contribution in [0, 0.1) is 6.92 Å². The van der Waals surface area contributed by atoms with Gasteiger partial charge in [-0.05, 0) is 6.92 Å². The summed E-state index contributed by atoms with van der Waals surface area (Å²) >= 11 is 0. The molecule has 0 fully saturated rings. The van der Waals surface area contributed by atoms with E-state index >= 15 is 0 Å². The second-order valence-corrected chi connectivity index (χ2v) is 2.74. The molecule has 0 bridgehead atoms. The molecule has 1 aromatic rings. The first-order chi connectivity index (χ1) is 4.63. The van der Waals surface area contributed by atoms with Gasteiger partial charge < -0.3 is 5.11 Å². The zero-order valence-corrected chi connectivity index (χ0v) is 6.47. The smallest absolute Gasteiger partial charge is 0.159 e. The Bertz CT molecular complexity index is 228. The van der Waals surface area contributed by atoms with E-state index in [0.29, 0.717) is 5.75 Å². The summed E-state index contributed by atoms with van der Waals surface area (Å²) in [6.45, 7) is 5.79. The maximum absolute atomic E-state index is 9.31. The first-order valence-corrected chi connectivity index (χ1v) is 3.36. The maximum atomic E-state index is 9.31. The summed E-state index contributed by atoms with van der Waals surface area (Å²) in [6.07, 6.45) is 0. The lowest BCUT2D eigenvalue weighted by Gasteiger charge is -1.98. The van der Waals surface area contributed by atoms with Crippen molar-refractivity contribution in [3.8, 4) is 5.75 Å². The lowest BCUT2D eigenvalue weighted by molar-refractivity contribution is 0.461. The minimum atomic E-state index is 0.282. The number of aromatic nitrogens is 2. The van der Waals surface area contributed by atoms with E-state index in [4.69, 9.17) is 0 Å². The molecule has 0 amide bonds. The Hall–Kier alpha value is -0.990. The highest BCUT2D eigenvalue weighted by Crippen LogP contribution is 2.24. The van der Waals surface area contributed by atoms with Gasteiger partial charge in [-0.1, -0.05) is 13.8 Å². The van der Waals surface area contributed by atoms with Crippen LogP contribution >= 0.6 is 0 Å². The average molecular weight is 140 g/mol. The van der Waals surface area contributed by atoms with Crippen LogP contribution in [-0.4, -0.2) is 15.3 Å². The van der Waals surface area contributed by atoms with Gasteiger partial charge in [0.15, 0.2) is 5.75 Å². The number of aryl methyl sites for hydroxylation is 1. The molecule has 1 aromatic heterocycles. The van der Waals surface area contributed by atoms with Crippen LogP contribution in [0.1, 0.15) is 31.2 Å². The number of nitrogens with zero attached hydrogens (tertiary/aromatic N) is 1. The number of aromatic hydroxyl groups is 1. The lowest BCUT2D eigenvalue weighted by Crippen LogP contribution is -1.86. The predicted octanol–water partition coefficient (Wildman–Crippen LogP) is 1.55. The molecule has 1 rings (SSSR count). The van der Waals surface area contributed by atoms with Crippen molar-refractivity contribution in [2.24, 2.45) is 0 Å². The summed E-state index contributed by atoms with van der Waals surface area (Å²) in [4.78, 5) is 0. The van der Waals surface area contributed by atoms with Crippen LogP contribution in [0.3, 0.4) is 0 Å². The van der Waals surface area contributed by atoms with E-state index < -0.39 is 0 Å². The fourth-order valence-corrected chi connectivity index (χ4v) is 0.845. The van der Waals surface area contributed by atoms with Crippen LogP contribution in [0.15, 0.2) is 0 Å². The molecule has 2 N–H and O–H groups in total. The Kier molecular flexibility index (Phi) is 1.66. The van der Waals surface area contributed by atoms with Gasteiger partial charge in [0.25, 0.3) is 0 Å². The molecule has 0 aromatic carbocycles. The van der Waals surface area contributed by atoms with Crippen LogP contribution in [-0.2, 0) is 0 Å². The number of nitrogens with one attached hydrogen (secondary N) is 1. The number of hydrogen-bond donors (Lipinski definition) is 2. The van der Waals surface area contributed by atoms with E-state index in [9.17, 15) is 5.11 Å². The van der Waals surface area contributed by atoms with Crippen LogP contribution in [0.25, 0.3) is 0 Å². The largest absolute Gasteiger partial charge is 0.504 e. The molecule has 1 heterocycles. The van der Waals surface area contributed by atoms with Crippen LogP contribution < -0.4 is 0 Å². The third-order valence-electron chi connectivity index (χ3n) is 1.49. The SMILES string of the molecule is Cc1[nH]nc(C(C)C)c1O. The molecule has 0 aliphatic rings. The van der Waals surface area contributed by atoms with Gasteiger partial charge in [-0.25, -0.2) is 0 Å². The van der Waals surface area contributed by atoms with Gasteiger partial charge in [0.05, 0.1) is 5.69 Å². The Morgan fingerprint density at radius 2 is 2.10 bits per heavy atom. The van der Waals surface area contributed by atoms with Crippen molar-refractivity contribution in [3.05, 3.63) is 11.4 Å². The molecule has 3 heteroatoms. The minimum absolute atomic E-state index is 0.282. The fraction of sp³-hybridized carbons (Fsp3) is 0.571. The second-order valence-electron chi connectivity index (χ2n) is 2.74. The summed E-state index contributed by atoms with van der Waals surface area (Å²) in [5, 5.41) is 16.0. The monoisotopic (exact) mass is 140 g/mol. The summed E-state index contributed by atoms with van der Waals surface area (Å²) in [7, 11) is 0. The Balaban J connectivity index is 3.05. The van der Waals surface area contributed by atoms with Crippen molar-refractivity contribution in [2.75, 3.05) is 0 Å². The summed E-state index contributed by atoms with van der Waals surface area (Å²) < 4.78 is 0. The highest BCUT2D eigenvalue weighted by Gasteiger charge is 2.10. The first kappa shape index (κ1) is 7.12. The number of rotatable bonds is 1. The van der Waals surface area contributed by atoms with Crippen molar-refractivity contribution in [1.29, 1.82) is 0 Å². The first-order valence-electron chi connectivity index (χ1n) is 3.36. The topological polar surface area (TPSA) is 48.9 Å². The Labute approximate surface area is 60.1 Å². The molecule has 0 saturated heterocycles. The molecule has 0 aliphatic heterocycles. The van der Waals surface area contributed by atoms with Crippen molar-refractivity contribution >= 4 is 0 Å². The third-order valence-corrected chi connectivity index (χ3v) is 1.49. The second kappa shape index (κ2) is 2.33. The van der Waals surface area contributed by atoms with Crippen molar-refractivity contribution in [2.45, 2.75) is 26.7 Å². The zero-order valence-electron chi connectivity index (χ0n) is 6.47. The van der Waals surface area contributed by atoms with Crippen molar-refractivity contribution in [1.82, 2.24) is 10.2 Å². The van der Waals surface area contributed by atoms with Crippen molar-refractivity contribution < 1.29 is 5.11 Å². The van der Waals surface area contributed by atoms with E-state index in [1.165, 1.54) is 0 Å². The molecular weight excluding hydrogens is 128 g/mol. The quantitative estimate of drug-likeness (QED) is 0.621. The van der Waals surface area contributed by atoms with Gasteiger partial charge in [0.1, 0.15) is 5.69 Å². The van der Waals surface area contributed by atoms with E-state index in [1.54, 1.807) is 6.92 Å². The predicted molar refractivity (Wildman–Crippen MR) is 39.1 cm³/mol. The van der Waals surface area contributed by atoms with Gasteiger partial charge in [0, 0.05) is 5.92 Å². The number of aromatic amines is 1. The highest BCUT2D eigenvalue weighted by molar-refractivity contribution is 5.31. The lowest BCUT2D eigenvalue weighted by atomic mass is 10.1. The molecule has 3 nitrogen and oxygen atoms in total. The van der Waals surface area contributed by atoms with Crippen LogP contribution in [0.5, 0.6) is 5.75 Å². The van der Waals surface area contributed by atoms with Crippen LogP contribution in [0.2, 0.25) is 0 Å². The standard InChI is InChI=1S/C7H12N2O/c1-4(2)6-7(10)5(3)8-9-6/h4,10H,1-3H3,(H,8,9). The van der Waals surface area contributed by atoms with Crippen molar-refractivity contribution in [3.63, 3.8) is 0 Å². The molecule has 0 saturated carbocycles. The molecular formula is C7H12N2O. The minimum Gasteiger partial charge on any atom is -0.504 e. The highest BCUT2D eigenvalue weighted by atomic mass is 16.3. The summed E-state index contributed by atoms with van der Waals surface area (Å²) in [5.74, 6) is 0.583. The van der Waals surface area contributed by atoms with E-state index in [2.05, 4.69) is 10.2 Å². The maximum Gasteiger partial charge on any atom is 0.159 e. The third kappa shape index (κ3) is 0.988. The molecule has 0 radical (unpaired) electrons. The normalized spacial score (nSPS) is 10.8. The molecule has 56 valence electrons.